The maximum Gasteiger partial charge on any atom is 0.340 e. The number of hydrogen-bond donors (Lipinski definition) is 1. The lowest BCUT2D eigenvalue weighted by molar-refractivity contribution is 0.0602. The fourth-order valence-electron chi connectivity index (χ4n) is 1.28. The highest BCUT2D eigenvalue weighted by atomic mass is 32.2. The molecule has 0 spiro atoms. The van der Waals surface area contributed by atoms with Crippen LogP contribution in [0.25, 0.3) is 0 Å². The second-order valence-electron chi connectivity index (χ2n) is 5.02. The van der Waals surface area contributed by atoms with Crippen molar-refractivity contribution >= 4 is 22.6 Å². The molecule has 0 saturated heterocycles. The number of carbonyl (C=O) groups is 1. The molecule has 0 aromatic heterocycles. The van der Waals surface area contributed by atoms with Crippen molar-refractivity contribution in [3.63, 3.8) is 0 Å². The second kappa shape index (κ2) is 5.52. The van der Waals surface area contributed by atoms with E-state index < -0.39 is 21.7 Å². The summed E-state index contributed by atoms with van der Waals surface area (Å²) >= 11 is 0. The Balaban J connectivity index is 3.09. The monoisotopic (exact) mass is 269 g/mol. The zero-order chi connectivity index (χ0) is 13.9. The molecule has 0 aliphatic carbocycles. The topological polar surface area (TPSA) is 55.4 Å². The first-order chi connectivity index (χ1) is 8.25. The Bertz CT molecular complexity index is 478. The van der Waals surface area contributed by atoms with Crippen LogP contribution >= 0.6 is 0 Å². The van der Waals surface area contributed by atoms with Crippen LogP contribution in [0.2, 0.25) is 0 Å². The summed E-state index contributed by atoms with van der Waals surface area (Å²) in [5.41, 5.74) is 1.87. The zero-order valence-electron chi connectivity index (χ0n) is 11.4. The summed E-state index contributed by atoms with van der Waals surface area (Å²) in [7, 11) is 0.0470. The van der Waals surface area contributed by atoms with E-state index in [0.717, 1.165) is 5.56 Å². The van der Waals surface area contributed by atoms with Gasteiger partial charge in [-0.15, -0.1) is 0 Å². The van der Waals surface area contributed by atoms with E-state index in [1.54, 1.807) is 12.1 Å². The highest BCUT2D eigenvalue weighted by molar-refractivity contribution is 7.87. The molecular weight excluding hydrogens is 250 g/mol. The average molecular weight is 269 g/mol. The Morgan fingerprint density at radius 3 is 2.44 bits per heavy atom. The number of aryl methyl sites for hydroxylation is 1. The fraction of sp³-hybridized carbons (Fsp3) is 0.462. The minimum Gasteiger partial charge on any atom is -0.465 e. The molecule has 1 atom stereocenters. The number of nitrogens with one attached hydrogen (secondary N) is 1. The number of rotatable bonds is 3. The molecule has 0 saturated carbocycles. The van der Waals surface area contributed by atoms with E-state index in [9.17, 15) is 9.00 Å². The summed E-state index contributed by atoms with van der Waals surface area (Å²) in [5, 5.41) is 0. The summed E-state index contributed by atoms with van der Waals surface area (Å²) < 4.78 is 19.2. The summed E-state index contributed by atoms with van der Waals surface area (Å²) in [6.07, 6.45) is 0. The van der Waals surface area contributed by atoms with E-state index >= 15 is 0 Å². The van der Waals surface area contributed by atoms with Crippen molar-refractivity contribution in [2.24, 2.45) is 0 Å². The molecule has 1 rings (SSSR count). The summed E-state index contributed by atoms with van der Waals surface area (Å²) in [4.78, 5) is 11.7. The molecule has 0 aliphatic rings. The Hall–Kier alpha value is -1.36. The smallest absolute Gasteiger partial charge is 0.340 e. The quantitative estimate of drug-likeness (QED) is 0.858. The fourth-order valence-corrected chi connectivity index (χ4v) is 1.96. The largest absolute Gasteiger partial charge is 0.465 e. The van der Waals surface area contributed by atoms with Gasteiger partial charge in [0.2, 0.25) is 0 Å². The third-order valence-electron chi connectivity index (χ3n) is 2.34. The van der Waals surface area contributed by atoms with Gasteiger partial charge in [0.25, 0.3) is 0 Å². The maximum atomic E-state index is 12.0. The number of benzene rings is 1. The van der Waals surface area contributed by atoms with Crippen LogP contribution in [0.4, 0.5) is 5.69 Å². The molecule has 5 heteroatoms. The van der Waals surface area contributed by atoms with Crippen molar-refractivity contribution < 1.29 is 13.7 Å². The molecule has 0 radical (unpaired) electrons. The molecule has 4 nitrogen and oxygen atoms in total. The van der Waals surface area contributed by atoms with Gasteiger partial charge in [-0.2, -0.15) is 0 Å². The molecule has 1 aromatic rings. The first kappa shape index (κ1) is 14.7. The molecule has 100 valence electrons. The van der Waals surface area contributed by atoms with E-state index in [-0.39, 0.29) is 0 Å². The predicted molar refractivity (Wildman–Crippen MR) is 74.0 cm³/mol. The van der Waals surface area contributed by atoms with E-state index in [4.69, 9.17) is 4.74 Å². The molecule has 0 heterocycles. The minimum absolute atomic E-state index is 0.398. The molecular formula is C13H19NO3S. The number of hydrogen-bond acceptors (Lipinski definition) is 3. The van der Waals surface area contributed by atoms with Crippen LogP contribution in [-0.2, 0) is 15.7 Å². The molecule has 18 heavy (non-hydrogen) atoms. The second-order valence-corrected chi connectivity index (χ2v) is 6.99. The Morgan fingerprint density at radius 2 is 1.94 bits per heavy atom. The third-order valence-corrected chi connectivity index (χ3v) is 3.86. The van der Waals surface area contributed by atoms with Crippen molar-refractivity contribution in [3.8, 4) is 0 Å². The molecule has 1 aromatic carbocycles. The number of methoxy groups -OCH3 is 1. The molecule has 1 unspecified atom stereocenters. The average Bonchev–Trinajstić information content (AvgIpc) is 2.29. The van der Waals surface area contributed by atoms with Gasteiger partial charge in [0.15, 0.2) is 0 Å². The lowest BCUT2D eigenvalue weighted by Crippen LogP contribution is -2.28. The first-order valence-corrected chi connectivity index (χ1v) is 6.78. The van der Waals surface area contributed by atoms with Crippen LogP contribution in [0.5, 0.6) is 0 Å². The van der Waals surface area contributed by atoms with Gasteiger partial charge in [-0.1, -0.05) is 11.6 Å². The first-order valence-electron chi connectivity index (χ1n) is 5.63. The van der Waals surface area contributed by atoms with Gasteiger partial charge in [0.05, 0.1) is 23.1 Å². The molecule has 1 N–H and O–H groups in total. The van der Waals surface area contributed by atoms with Crippen LogP contribution in [0, 0.1) is 6.92 Å². The Morgan fingerprint density at radius 1 is 1.33 bits per heavy atom. The van der Waals surface area contributed by atoms with Crippen molar-refractivity contribution in [3.05, 3.63) is 29.3 Å². The maximum absolute atomic E-state index is 12.0. The third kappa shape index (κ3) is 3.57. The van der Waals surface area contributed by atoms with Gasteiger partial charge >= 0.3 is 5.97 Å². The Kier molecular flexibility index (Phi) is 4.51. The van der Waals surface area contributed by atoms with Crippen molar-refractivity contribution in [2.45, 2.75) is 32.4 Å². The minimum atomic E-state index is -1.28. The van der Waals surface area contributed by atoms with E-state index in [0.29, 0.717) is 11.3 Å². The normalized spacial score (nSPS) is 12.9. The Labute approximate surface area is 110 Å². The lowest BCUT2D eigenvalue weighted by atomic mass is 10.1. The van der Waals surface area contributed by atoms with Crippen LogP contribution in [0.15, 0.2) is 18.2 Å². The number of esters is 1. The molecule has 0 bridgehead atoms. The standard InChI is InChI=1S/C13H19NO3S/c1-9-6-7-11(10(8-9)12(15)17-5)14-18(16)13(2,3)4/h6-8,14H,1-5H3. The van der Waals surface area contributed by atoms with Crippen molar-refractivity contribution in [2.75, 3.05) is 11.8 Å². The van der Waals surface area contributed by atoms with Crippen molar-refractivity contribution in [1.82, 2.24) is 0 Å². The van der Waals surface area contributed by atoms with Gasteiger partial charge in [-0.05, 0) is 39.8 Å². The molecule has 0 fully saturated rings. The van der Waals surface area contributed by atoms with Crippen LogP contribution in [0.1, 0.15) is 36.7 Å². The van der Waals surface area contributed by atoms with E-state index in [1.807, 2.05) is 33.8 Å². The highest BCUT2D eigenvalue weighted by Crippen LogP contribution is 2.22. The number of carbonyl (C=O) groups excluding carboxylic acids is 1. The van der Waals surface area contributed by atoms with E-state index in [2.05, 4.69) is 4.72 Å². The van der Waals surface area contributed by atoms with Crippen LogP contribution in [-0.4, -0.2) is 22.0 Å². The molecule has 0 amide bonds. The number of ether oxygens (including phenoxy) is 1. The van der Waals surface area contributed by atoms with Gasteiger partial charge in [0, 0.05) is 0 Å². The SMILES string of the molecule is COC(=O)c1cc(C)ccc1NS(=O)C(C)(C)C. The van der Waals surface area contributed by atoms with Gasteiger partial charge in [0.1, 0.15) is 11.0 Å². The highest BCUT2D eigenvalue weighted by Gasteiger charge is 2.22. The summed E-state index contributed by atoms with van der Waals surface area (Å²) in [5.74, 6) is -0.438. The molecule has 0 aliphatic heterocycles. The van der Waals surface area contributed by atoms with Crippen LogP contribution in [0.3, 0.4) is 0 Å². The van der Waals surface area contributed by atoms with E-state index in [1.165, 1.54) is 7.11 Å². The zero-order valence-corrected chi connectivity index (χ0v) is 12.2. The van der Waals surface area contributed by atoms with Crippen LogP contribution < -0.4 is 4.72 Å². The van der Waals surface area contributed by atoms with Crippen molar-refractivity contribution in [1.29, 1.82) is 0 Å². The predicted octanol–water partition coefficient (Wildman–Crippen LogP) is 2.66. The van der Waals surface area contributed by atoms with Gasteiger partial charge in [-0.25, -0.2) is 9.00 Å². The summed E-state index contributed by atoms with van der Waals surface area (Å²) in [6.45, 7) is 7.48. The van der Waals surface area contributed by atoms with Gasteiger partial charge in [-0.3, -0.25) is 0 Å². The number of anilines is 1. The summed E-state index contributed by atoms with van der Waals surface area (Å²) in [6, 6.07) is 5.31. The van der Waals surface area contributed by atoms with Gasteiger partial charge < -0.3 is 9.46 Å². The lowest BCUT2D eigenvalue weighted by Gasteiger charge is -2.20.